The summed E-state index contributed by atoms with van der Waals surface area (Å²) in [5.41, 5.74) is 0.767. The molecule has 1 unspecified atom stereocenters. The van der Waals surface area contributed by atoms with Crippen LogP contribution in [0.25, 0.3) is 0 Å². The maximum atomic E-state index is 10.6. The Bertz CT molecular complexity index is 320. The molecule has 1 rings (SSSR count). The third-order valence-corrected chi connectivity index (χ3v) is 1.95. The average molecular weight is 194 g/mol. The predicted molar refractivity (Wildman–Crippen MR) is 53.8 cm³/mol. The van der Waals surface area contributed by atoms with E-state index < -0.39 is 0 Å². The molecule has 0 aromatic heterocycles. The normalized spacial score (nSPS) is 12.1. The Morgan fingerprint density at radius 1 is 1.50 bits per heavy atom. The predicted octanol–water partition coefficient (Wildman–Crippen LogP) is 2.09. The first-order chi connectivity index (χ1) is 6.67. The van der Waals surface area contributed by atoms with Gasteiger partial charge >= 0.3 is 0 Å². The summed E-state index contributed by atoms with van der Waals surface area (Å²) in [6.45, 7) is 4.18. The average Bonchev–Trinajstić information content (AvgIpc) is 2.16. The Hall–Kier alpha value is -1.51. The SMILES string of the molecule is CCOc1cc(O)cc(C(C)C=O)c1. The van der Waals surface area contributed by atoms with Crippen LogP contribution in [0.15, 0.2) is 18.2 Å². The number of hydrogen-bond donors (Lipinski definition) is 1. The number of hydrogen-bond acceptors (Lipinski definition) is 3. The number of aldehydes is 1. The molecular weight excluding hydrogens is 180 g/mol. The summed E-state index contributed by atoms with van der Waals surface area (Å²) in [5.74, 6) is 0.497. The van der Waals surface area contributed by atoms with Gasteiger partial charge in [-0.1, -0.05) is 6.92 Å². The molecule has 0 spiro atoms. The van der Waals surface area contributed by atoms with Crippen LogP contribution in [-0.2, 0) is 4.79 Å². The van der Waals surface area contributed by atoms with Crippen LogP contribution >= 0.6 is 0 Å². The van der Waals surface area contributed by atoms with Gasteiger partial charge in [-0.25, -0.2) is 0 Å². The molecule has 0 aliphatic rings. The van der Waals surface area contributed by atoms with E-state index in [9.17, 15) is 9.90 Å². The highest BCUT2D eigenvalue weighted by Gasteiger charge is 2.07. The zero-order chi connectivity index (χ0) is 10.6. The summed E-state index contributed by atoms with van der Waals surface area (Å²) in [6.07, 6.45) is 0.838. The fourth-order valence-electron chi connectivity index (χ4n) is 1.20. The molecule has 1 N–H and O–H groups in total. The van der Waals surface area contributed by atoms with E-state index in [2.05, 4.69) is 0 Å². The molecule has 1 aromatic rings. The van der Waals surface area contributed by atoms with E-state index in [1.54, 1.807) is 19.1 Å². The maximum absolute atomic E-state index is 10.6. The second-order valence-corrected chi connectivity index (χ2v) is 3.12. The van der Waals surface area contributed by atoms with E-state index >= 15 is 0 Å². The van der Waals surface area contributed by atoms with Crippen LogP contribution in [0.2, 0.25) is 0 Å². The van der Waals surface area contributed by atoms with Crippen LogP contribution in [0.5, 0.6) is 11.5 Å². The van der Waals surface area contributed by atoms with Crippen molar-refractivity contribution >= 4 is 6.29 Å². The molecule has 0 aliphatic carbocycles. The number of ether oxygens (including phenoxy) is 1. The van der Waals surface area contributed by atoms with E-state index in [0.29, 0.717) is 12.4 Å². The molecule has 0 saturated heterocycles. The molecular formula is C11H14O3. The summed E-state index contributed by atoms with van der Waals surface area (Å²) >= 11 is 0. The number of phenols is 1. The molecule has 3 heteroatoms. The van der Waals surface area contributed by atoms with Gasteiger partial charge < -0.3 is 14.6 Å². The van der Waals surface area contributed by atoms with E-state index in [-0.39, 0.29) is 11.7 Å². The minimum Gasteiger partial charge on any atom is -0.508 e. The lowest BCUT2D eigenvalue weighted by Crippen LogP contribution is -1.97. The third kappa shape index (κ3) is 2.49. The quantitative estimate of drug-likeness (QED) is 0.746. The van der Waals surface area contributed by atoms with Crippen LogP contribution in [0.3, 0.4) is 0 Å². The van der Waals surface area contributed by atoms with Crippen molar-refractivity contribution in [2.24, 2.45) is 0 Å². The van der Waals surface area contributed by atoms with Gasteiger partial charge in [-0.3, -0.25) is 0 Å². The number of aromatic hydroxyl groups is 1. The molecule has 0 radical (unpaired) electrons. The van der Waals surface area contributed by atoms with E-state index in [1.807, 2.05) is 6.92 Å². The van der Waals surface area contributed by atoms with Gasteiger partial charge in [0.05, 0.1) is 6.61 Å². The fourth-order valence-corrected chi connectivity index (χ4v) is 1.20. The van der Waals surface area contributed by atoms with Crippen molar-refractivity contribution in [3.63, 3.8) is 0 Å². The first-order valence-corrected chi connectivity index (χ1v) is 4.59. The summed E-state index contributed by atoms with van der Waals surface area (Å²) in [6, 6.07) is 4.87. The monoisotopic (exact) mass is 194 g/mol. The van der Waals surface area contributed by atoms with E-state index in [0.717, 1.165) is 11.8 Å². The highest BCUT2D eigenvalue weighted by molar-refractivity contribution is 5.62. The van der Waals surface area contributed by atoms with Gasteiger partial charge in [0.15, 0.2) is 0 Å². The van der Waals surface area contributed by atoms with Crippen molar-refractivity contribution in [3.8, 4) is 11.5 Å². The topological polar surface area (TPSA) is 46.5 Å². The van der Waals surface area contributed by atoms with E-state index in [4.69, 9.17) is 4.74 Å². The van der Waals surface area contributed by atoms with Crippen LogP contribution in [0.4, 0.5) is 0 Å². The third-order valence-electron chi connectivity index (χ3n) is 1.95. The number of carbonyl (C=O) groups excluding carboxylic acids is 1. The molecule has 0 saturated carbocycles. The number of phenolic OH excluding ortho intramolecular Hbond substituents is 1. The number of benzene rings is 1. The largest absolute Gasteiger partial charge is 0.508 e. The first-order valence-electron chi connectivity index (χ1n) is 4.59. The van der Waals surface area contributed by atoms with Gasteiger partial charge in [0.25, 0.3) is 0 Å². The van der Waals surface area contributed by atoms with E-state index in [1.165, 1.54) is 6.07 Å². The van der Waals surface area contributed by atoms with Gasteiger partial charge in [-0.05, 0) is 24.6 Å². The summed E-state index contributed by atoms with van der Waals surface area (Å²) in [5, 5.41) is 9.37. The van der Waals surface area contributed by atoms with Crippen LogP contribution in [0, 0.1) is 0 Å². The standard InChI is InChI=1S/C11H14O3/c1-3-14-11-5-9(8(2)7-12)4-10(13)6-11/h4-8,13H,3H2,1-2H3. The van der Waals surface area contributed by atoms with Crippen molar-refractivity contribution in [1.29, 1.82) is 0 Å². The summed E-state index contributed by atoms with van der Waals surface area (Å²) < 4.78 is 5.25. The van der Waals surface area contributed by atoms with Gasteiger partial charge in [0.2, 0.25) is 0 Å². The smallest absolute Gasteiger partial charge is 0.127 e. The number of carbonyl (C=O) groups is 1. The van der Waals surface area contributed by atoms with Crippen molar-refractivity contribution in [2.45, 2.75) is 19.8 Å². The van der Waals surface area contributed by atoms with Gasteiger partial charge in [-0.15, -0.1) is 0 Å². The van der Waals surface area contributed by atoms with Crippen molar-refractivity contribution < 1.29 is 14.6 Å². The molecule has 14 heavy (non-hydrogen) atoms. The van der Waals surface area contributed by atoms with Crippen molar-refractivity contribution in [3.05, 3.63) is 23.8 Å². The lowest BCUT2D eigenvalue weighted by atomic mass is 10.0. The van der Waals surface area contributed by atoms with Crippen molar-refractivity contribution in [2.75, 3.05) is 6.61 Å². The van der Waals surface area contributed by atoms with Gasteiger partial charge in [-0.2, -0.15) is 0 Å². The number of rotatable bonds is 4. The zero-order valence-electron chi connectivity index (χ0n) is 8.36. The van der Waals surface area contributed by atoms with Gasteiger partial charge in [0, 0.05) is 12.0 Å². The van der Waals surface area contributed by atoms with Crippen LogP contribution in [0.1, 0.15) is 25.3 Å². The highest BCUT2D eigenvalue weighted by Crippen LogP contribution is 2.25. The second-order valence-electron chi connectivity index (χ2n) is 3.12. The van der Waals surface area contributed by atoms with Crippen LogP contribution in [-0.4, -0.2) is 18.0 Å². The first kappa shape index (κ1) is 10.6. The zero-order valence-corrected chi connectivity index (χ0v) is 8.36. The Morgan fingerprint density at radius 3 is 2.79 bits per heavy atom. The molecule has 3 nitrogen and oxygen atoms in total. The molecule has 0 amide bonds. The Kier molecular flexibility index (Phi) is 3.51. The summed E-state index contributed by atoms with van der Waals surface area (Å²) in [4.78, 5) is 10.6. The Balaban J connectivity index is 3.00. The minimum absolute atomic E-state index is 0.125. The minimum atomic E-state index is -0.221. The molecule has 0 heterocycles. The van der Waals surface area contributed by atoms with Gasteiger partial charge in [0.1, 0.15) is 17.8 Å². The molecule has 0 aliphatic heterocycles. The highest BCUT2D eigenvalue weighted by atomic mass is 16.5. The lowest BCUT2D eigenvalue weighted by molar-refractivity contribution is -0.108. The molecule has 0 bridgehead atoms. The van der Waals surface area contributed by atoms with Crippen LogP contribution < -0.4 is 4.74 Å². The lowest BCUT2D eigenvalue weighted by Gasteiger charge is -2.08. The second kappa shape index (κ2) is 4.65. The molecule has 1 aromatic carbocycles. The maximum Gasteiger partial charge on any atom is 0.127 e. The molecule has 1 atom stereocenters. The Labute approximate surface area is 83.3 Å². The fraction of sp³-hybridized carbons (Fsp3) is 0.364. The Morgan fingerprint density at radius 2 is 2.21 bits per heavy atom. The summed E-state index contributed by atoms with van der Waals surface area (Å²) in [7, 11) is 0. The molecule has 0 fully saturated rings. The van der Waals surface area contributed by atoms with Crippen molar-refractivity contribution in [1.82, 2.24) is 0 Å². The molecule has 76 valence electrons.